The molecule has 8 heteroatoms. The Morgan fingerprint density at radius 3 is 2.64 bits per heavy atom. The number of rotatable bonds is 7. The summed E-state index contributed by atoms with van der Waals surface area (Å²) in [6, 6.07) is 10.6. The van der Waals surface area contributed by atoms with Gasteiger partial charge < -0.3 is 14.8 Å². The van der Waals surface area contributed by atoms with Gasteiger partial charge in [0.1, 0.15) is 0 Å². The van der Waals surface area contributed by atoms with E-state index in [0.29, 0.717) is 16.5 Å². The zero-order valence-electron chi connectivity index (χ0n) is 13.7. The maximum absolute atomic E-state index is 11.8. The fourth-order valence-electron chi connectivity index (χ4n) is 1.96. The number of hydrazone groups is 1. The highest BCUT2D eigenvalue weighted by molar-refractivity contribution is 9.10. The van der Waals surface area contributed by atoms with Gasteiger partial charge in [-0.1, -0.05) is 11.6 Å². The second-order valence-electron chi connectivity index (χ2n) is 4.89. The molecule has 0 saturated carbocycles. The summed E-state index contributed by atoms with van der Waals surface area (Å²) in [6.45, 7) is 0.0729. The standard InChI is InChI=1S/C17H17BrClN3O3/c1-24-15-6-3-11(7-16(15)25-2)9-21-22-17(23)10-20-14-5-4-12(19)8-13(14)18/h3-9,20H,10H2,1-2H3,(H,22,23)/b21-9-. The van der Waals surface area contributed by atoms with E-state index in [0.717, 1.165) is 15.7 Å². The van der Waals surface area contributed by atoms with Crippen LogP contribution in [0.5, 0.6) is 11.5 Å². The van der Waals surface area contributed by atoms with Crippen LogP contribution < -0.4 is 20.2 Å². The van der Waals surface area contributed by atoms with Crippen molar-refractivity contribution in [2.24, 2.45) is 5.10 Å². The van der Waals surface area contributed by atoms with Gasteiger partial charge in [0.2, 0.25) is 0 Å². The molecule has 0 aliphatic rings. The van der Waals surface area contributed by atoms with Crippen molar-refractivity contribution in [2.45, 2.75) is 0 Å². The molecule has 0 aliphatic heterocycles. The smallest absolute Gasteiger partial charge is 0.259 e. The zero-order valence-corrected chi connectivity index (χ0v) is 16.0. The number of ether oxygens (including phenoxy) is 2. The summed E-state index contributed by atoms with van der Waals surface area (Å²) in [4.78, 5) is 11.8. The molecule has 2 aromatic rings. The Bertz CT molecular complexity index is 784. The van der Waals surface area contributed by atoms with E-state index < -0.39 is 0 Å². The van der Waals surface area contributed by atoms with Crippen molar-refractivity contribution in [1.29, 1.82) is 0 Å². The van der Waals surface area contributed by atoms with Gasteiger partial charge in [-0.15, -0.1) is 0 Å². The molecule has 0 heterocycles. The van der Waals surface area contributed by atoms with Crippen LogP contribution in [0.2, 0.25) is 5.02 Å². The van der Waals surface area contributed by atoms with E-state index in [9.17, 15) is 4.79 Å². The molecular weight excluding hydrogens is 410 g/mol. The number of anilines is 1. The molecule has 0 aromatic heterocycles. The Morgan fingerprint density at radius 1 is 1.20 bits per heavy atom. The molecular formula is C17H17BrClN3O3. The molecule has 2 aromatic carbocycles. The van der Waals surface area contributed by atoms with Gasteiger partial charge in [0.25, 0.3) is 5.91 Å². The Morgan fingerprint density at radius 2 is 1.96 bits per heavy atom. The lowest BCUT2D eigenvalue weighted by molar-refractivity contribution is -0.119. The number of nitrogens with one attached hydrogen (secondary N) is 2. The molecule has 1 amide bonds. The van der Waals surface area contributed by atoms with Crippen LogP contribution in [0, 0.1) is 0 Å². The maximum Gasteiger partial charge on any atom is 0.259 e. The van der Waals surface area contributed by atoms with Crippen molar-refractivity contribution in [2.75, 3.05) is 26.1 Å². The van der Waals surface area contributed by atoms with Crippen molar-refractivity contribution in [3.05, 3.63) is 51.5 Å². The first-order chi connectivity index (χ1) is 12.0. The molecule has 132 valence electrons. The van der Waals surface area contributed by atoms with Crippen molar-refractivity contribution in [3.8, 4) is 11.5 Å². The van der Waals surface area contributed by atoms with Gasteiger partial charge >= 0.3 is 0 Å². The predicted octanol–water partition coefficient (Wildman–Crippen LogP) is 3.68. The molecule has 2 rings (SSSR count). The van der Waals surface area contributed by atoms with E-state index in [-0.39, 0.29) is 12.5 Å². The molecule has 0 fully saturated rings. The van der Waals surface area contributed by atoms with E-state index in [1.54, 1.807) is 50.6 Å². The number of halogens is 2. The third-order valence-corrected chi connectivity index (χ3v) is 4.07. The fraction of sp³-hybridized carbons (Fsp3) is 0.176. The van der Waals surface area contributed by atoms with E-state index in [1.165, 1.54) is 6.21 Å². The van der Waals surface area contributed by atoms with Crippen molar-refractivity contribution in [1.82, 2.24) is 5.43 Å². The number of carbonyl (C=O) groups excluding carboxylic acids is 1. The molecule has 0 atom stereocenters. The first kappa shape index (κ1) is 19.1. The first-order valence-corrected chi connectivity index (χ1v) is 8.43. The highest BCUT2D eigenvalue weighted by atomic mass is 79.9. The highest BCUT2D eigenvalue weighted by Crippen LogP contribution is 2.27. The summed E-state index contributed by atoms with van der Waals surface area (Å²) in [5, 5.41) is 7.53. The first-order valence-electron chi connectivity index (χ1n) is 7.26. The SMILES string of the molecule is COc1ccc(/C=N\NC(=O)CNc2ccc(Cl)cc2Br)cc1OC. The van der Waals surface area contributed by atoms with E-state index in [1.807, 2.05) is 0 Å². The summed E-state index contributed by atoms with van der Waals surface area (Å²) >= 11 is 9.25. The number of benzene rings is 2. The molecule has 0 aliphatic carbocycles. The van der Waals surface area contributed by atoms with Crippen molar-refractivity contribution >= 4 is 45.3 Å². The van der Waals surface area contributed by atoms with Gasteiger partial charge in [0.15, 0.2) is 11.5 Å². The van der Waals surface area contributed by atoms with Crippen molar-refractivity contribution in [3.63, 3.8) is 0 Å². The zero-order chi connectivity index (χ0) is 18.2. The average molecular weight is 427 g/mol. The Balaban J connectivity index is 1.88. The van der Waals surface area contributed by atoms with Gasteiger partial charge in [-0.2, -0.15) is 5.10 Å². The molecule has 0 spiro atoms. The fourth-order valence-corrected chi connectivity index (χ4v) is 2.78. The number of nitrogens with zero attached hydrogens (tertiary/aromatic N) is 1. The minimum Gasteiger partial charge on any atom is -0.493 e. The number of hydrogen-bond acceptors (Lipinski definition) is 5. The summed E-state index contributed by atoms with van der Waals surface area (Å²) in [5.74, 6) is 0.937. The Kier molecular flexibility index (Phi) is 7.09. The molecule has 0 unspecified atom stereocenters. The summed E-state index contributed by atoms with van der Waals surface area (Å²) < 4.78 is 11.2. The van der Waals surface area contributed by atoms with Crippen LogP contribution in [0.3, 0.4) is 0 Å². The number of carbonyl (C=O) groups is 1. The quantitative estimate of drug-likeness (QED) is 0.523. The third-order valence-electron chi connectivity index (χ3n) is 3.18. The summed E-state index contributed by atoms with van der Waals surface area (Å²) in [6.07, 6.45) is 1.53. The van der Waals surface area contributed by atoms with Crippen LogP contribution in [-0.4, -0.2) is 32.9 Å². The van der Waals surface area contributed by atoms with Crippen LogP contribution in [0.25, 0.3) is 0 Å². The van der Waals surface area contributed by atoms with Crippen LogP contribution in [0.1, 0.15) is 5.56 Å². The monoisotopic (exact) mass is 425 g/mol. The second kappa shape index (κ2) is 9.29. The van der Waals surface area contributed by atoms with Gasteiger partial charge in [-0.05, 0) is 57.9 Å². The highest BCUT2D eigenvalue weighted by Gasteiger charge is 2.05. The molecule has 25 heavy (non-hydrogen) atoms. The lowest BCUT2D eigenvalue weighted by Gasteiger charge is -2.08. The van der Waals surface area contributed by atoms with Gasteiger partial charge in [0.05, 0.1) is 27.0 Å². The van der Waals surface area contributed by atoms with Crippen LogP contribution >= 0.6 is 27.5 Å². The topological polar surface area (TPSA) is 72.0 Å². The molecule has 0 bridgehead atoms. The lowest BCUT2D eigenvalue weighted by Crippen LogP contribution is -2.26. The molecule has 0 radical (unpaired) electrons. The molecule has 2 N–H and O–H groups in total. The van der Waals surface area contributed by atoms with Gasteiger partial charge in [-0.3, -0.25) is 4.79 Å². The third kappa shape index (κ3) is 5.65. The number of hydrogen-bond donors (Lipinski definition) is 2. The van der Waals surface area contributed by atoms with Crippen molar-refractivity contribution < 1.29 is 14.3 Å². The maximum atomic E-state index is 11.8. The lowest BCUT2D eigenvalue weighted by atomic mass is 10.2. The normalized spacial score (nSPS) is 10.6. The summed E-state index contributed by atoms with van der Waals surface area (Å²) in [5.41, 5.74) is 3.99. The van der Waals surface area contributed by atoms with Gasteiger partial charge in [-0.25, -0.2) is 5.43 Å². The molecule has 6 nitrogen and oxygen atoms in total. The minimum absolute atomic E-state index is 0.0729. The van der Waals surface area contributed by atoms with E-state index in [4.69, 9.17) is 21.1 Å². The largest absolute Gasteiger partial charge is 0.493 e. The Hall–Kier alpha value is -2.25. The van der Waals surface area contributed by atoms with Gasteiger partial charge in [0, 0.05) is 15.2 Å². The molecule has 0 saturated heterocycles. The number of amides is 1. The Labute approximate surface area is 159 Å². The number of methoxy groups -OCH3 is 2. The van der Waals surface area contributed by atoms with Crippen LogP contribution in [-0.2, 0) is 4.79 Å². The van der Waals surface area contributed by atoms with Crippen LogP contribution in [0.15, 0.2) is 46.0 Å². The van der Waals surface area contributed by atoms with E-state index >= 15 is 0 Å². The summed E-state index contributed by atoms with van der Waals surface area (Å²) in [7, 11) is 3.12. The van der Waals surface area contributed by atoms with E-state index in [2.05, 4.69) is 31.8 Å². The predicted molar refractivity (Wildman–Crippen MR) is 103 cm³/mol. The van der Waals surface area contributed by atoms with Crippen LogP contribution in [0.4, 0.5) is 5.69 Å². The average Bonchev–Trinajstić information content (AvgIpc) is 2.60. The minimum atomic E-state index is -0.279. The second-order valence-corrected chi connectivity index (χ2v) is 6.18.